The summed E-state index contributed by atoms with van der Waals surface area (Å²) >= 11 is 5.81. The highest BCUT2D eigenvalue weighted by molar-refractivity contribution is 6.30. The molecular weight excluding hydrogens is 289 g/mol. The van der Waals surface area contributed by atoms with Crippen LogP contribution in [-0.4, -0.2) is 29.6 Å². The number of hydrogen-bond acceptors (Lipinski definition) is 3. The summed E-state index contributed by atoms with van der Waals surface area (Å²) in [5, 5.41) is 0.420. The van der Waals surface area contributed by atoms with Gasteiger partial charge in [-0.2, -0.15) is 0 Å². The SMILES string of the molecule is CC(C)(C(Cc1ccc(Cl)cc1F)NN)N1CCCCC1. The zero-order chi connectivity index (χ0) is 15.5. The van der Waals surface area contributed by atoms with Gasteiger partial charge < -0.3 is 0 Å². The van der Waals surface area contributed by atoms with Gasteiger partial charge in [-0.1, -0.05) is 24.1 Å². The van der Waals surface area contributed by atoms with Gasteiger partial charge in [0.2, 0.25) is 0 Å². The highest BCUT2D eigenvalue weighted by Gasteiger charge is 2.35. The average molecular weight is 314 g/mol. The quantitative estimate of drug-likeness (QED) is 0.648. The smallest absolute Gasteiger partial charge is 0.127 e. The van der Waals surface area contributed by atoms with E-state index in [0.717, 1.165) is 13.1 Å². The van der Waals surface area contributed by atoms with Crippen LogP contribution in [0.25, 0.3) is 0 Å². The molecule has 0 radical (unpaired) electrons. The van der Waals surface area contributed by atoms with Crippen LogP contribution in [0.5, 0.6) is 0 Å². The van der Waals surface area contributed by atoms with Gasteiger partial charge in [0, 0.05) is 16.6 Å². The third-order valence-electron chi connectivity index (χ3n) is 4.66. The number of hydrazine groups is 1. The largest absolute Gasteiger partial charge is 0.297 e. The van der Waals surface area contributed by atoms with E-state index in [1.807, 2.05) is 0 Å². The second-order valence-corrected chi connectivity index (χ2v) is 6.80. The molecule has 118 valence electrons. The van der Waals surface area contributed by atoms with E-state index < -0.39 is 0 Å². The van der Waals surface area contributed by atoms with E-state index in [1.54, 1.807) is 12.1 Å². The van der Waals surface area contributed by atoms with Crippen molar-refractivity contribution in [3.8, 4) is 0 Å². The van der Waals surface area contributed by atoms with Crippen LogP contribution in [0.15, 0.2) is 18.2 Å². The molecule has 1 saturated heterocycles. The van der Waals surface area contributed by atoms with Crippen molar-refractivity contribution >= 4 is 11.6 Å². The summed E-state index contributed by atoms with van der Waals surface area (Å²) in [6.07, 6.45) is 4.27. The Bertz CT molecular complexity index is 473. The van der Waals surface area contributed by atoms with Crippen molar-refractivity contribution < 1.29 is 4.39 Å². The molecule has 1 unspecified atom stereocenters. The van der Waals surface area contributed by atoms with Crippen molar-refractivity contribution in [2.24, 2.45) is 5.84 Å². The maximum Gasteiger partial charge on any atom is 0.127 e. The fourth-order valence-corrected chi connectivity index (χ4v) is 3.27. The Morgan fingerprint density at radius 1 is 1.33 bits per heavy atom. The highest BCUT2D eigenvalue weighted by atomic mass is 35.5. The van der Waals surface area contributed by atoms with Gasteiger partial charge in [0.1, 0.15) is 5.82 Å². The van der Waals surface area contributed by atoms with Crippen LogP contribution in [0.1, 0.15) is 38.7 Å². The van der Waals surface area contributed by atoms with Crippen LogP contribution in [0, 0.1) is 5.82 Å². The Labute approximate surface area is 131 Å². The monoisotopic (exact) mass is 313 g/mol. The summed E-state index contributed by atoms with van der Waals surface area (Å²) in [5.74, 6) is 5.50. The Morgan fingerprint density at radius 3 is 2.57 bits per heavy atom. The molecule has 0 spiro atoms. The second-order valence-electron chi connectivity index (χ2n) is 6.36. The van der Waals surface area contributed by atoms with Gasteiger partial charge in [-0.05, 0) is 63.9 Å². The van der Waals surface area contributed by atoms with Crippen LogP contribution in [0.4, 0.5) is 4.39 Å². The summed E-state index contributed by atoms with van der Waals surface area (Å²) in [6, 6.07) is 4.81. The van der Waals surface area contributed by atoms with Crippen LogP contribution in [0.2, 0.25) is 5.02 Å². The minimum atomic E-state index is -0.266. The van der Waals surface area contributed by atoms with E-state index in [1.165, 1.54) is 25.3 Å². The molecule has 0 amide bonds. The number of hydrogen-bond donors (Lipinski definition) is 2. The van der Waals surface area contributed by atoms with E-state index >= 15 is 0 Å². The van der Waals surface area contributed by atoms with Crippen molar-refractivity contribution in [2.75, 3.05) is 13.1 Å². The summed E-state index contributed by atoms with van der Waals surface area (Å²) in [7, 11) is 0. The molecule has 0 saturated carbocycles. The summed E-state index contributed by atoms with van der Waals surface area (Å²) in [4.78, 5) is 2.45. The van der Waals surface area contributed by atoms with Gasteiger partial charge in [0.25, 0.3) is 0 Å². The first-order valence-corrected chi connectivity index (χ1v) is 7.98. The maximum absolute atomic E-state index is 14.0. The molecule has 21 heavy (non-hydrogen) atoms. The Kier molecular flexibility index (Phi) is 5.60. The van der Waals surface area contributed by atoms with Crippen molar-refractivity contribution in [3.63, 3.8) is 0 Å². The summed E-state index contributed by atoms with van der Waals surface area (Å²) in [5.41, 5.74) is 3.41. The number of rotatable bonds is 5. The first-order chi connectivity index (χ1) is 9.95. The Morgan fingerprint density at radius 2 is 2.00 bits per heavy atom. The molecule has 1 aliphatic heterocycles. The zero-order valence-electron chi connectivity index (χ0n) is 12.8. The van der Waals surface area contributed by atoms with E-state index in [4.69, 9.17) is 17.4 Å². The lowest BCUT2D eigenvalue weighted by molar-refractivity contribution is 0.0608. The summed E-state index contributed by atoms with van der Waals surface area (Å²) < 4.78 is 14.0. The number of likely N-dealkylation sites (tertiary alicyclic amines) is 1. The van der Waals surface area contributed by atoms with Gasteiger partial charge in [0.05, 0.1) is 0 Å². The maximum atomic E-state index is 14.0. The fourth-order valence-electron chi connectivity index (χ4n) is 3.11. The molecule has 1 aromatic rings. The van der Waals surface area contributed by atoms with Crippen LogP contribution in [0.3, 0.4) is 0 Å². The molecule has 1 aromatic carbocycles. The summed E-state index contributed by atoms with van der Waals surface area (Å²) in [6.45, 7) is 6.51. The minimum absolute atomic E-state index is 0.0220. The first kappa shape index (κ1) is 16.7. The third kappa shape index (κ3) is 3.95. The van der Waals surface area contributed by atoms with Gasteiger partial charge in [0.15, 0.2) is 0 Å². The van der Waals surface area contributed by atoms with Gasteiger partial charge in [-0.3, -0.25) is 16.2 Å². The molecule has 1 heterocycles. The van der Waals surface area contributed by atoms with E-state index in [9.17, 15) is 4.39 Å². The lowest BCUT2D eigenvalue weighted by atomic mass is 9.86. The third-order valence-corrected chi connectivity index (χ3v) is 4.90. The van der Waals surface area contributed by atoms with Crippen LogP contribution in [-0.2, 0) is 6.42 Å². The predicted octanol–water partition coefficient (Wildman–Crippen LogP) is 3.12. The number of nitrogens with two attached hydrogens (primary N) is 1. The zero-order valence-corrected chi connectivity index (χ0v) is 13.6. The molecule has 3 N–H and O–H groups in total. The number of nitrogens with zero attached hydrogens (tertiary/aromatic N) is 1. The fraction of sp³-hybridized carbons (Fsp3) is 0.625. The molecule has 5 heteroatoms. The molecule has 0 aliphatic carbocycles. The number of piperidine rings is 1. The van der Waals surface area contributed by atoms with Crippen LogP contribution < -0.4 is 11.3 Å². The normalized spacial score (nSPS) is 18.7. The molecule has 0 bridgehead atoms. The minimum Gasteiger partial charge on any atom is -0.297 e. The Balaban J connectivity index is 2.14. The molecule has 0 aromatic heterocycles. The lowest BCUT2D eigenvalue weighted by Gasteiger charge is -2.45. The molecular formula is C16H25ClFN3. The molecule has 1 aliphatic rings. The molecule has 3 nitrogen and oxygen atoms in total. The first-order valence-electron chi connectivity index (χ1n) is 7.60. The van der Waals surface area contributed by atoms with Crippen molar-refractivity contribution in [3.05, 3.63) is 34.6 Å². The van der Waals surface area contributed by atoms with Crippen molar-refractivity contribution in [1.29, 1.82) is 0 Å². The number of halogens is 2. The molecule has 1 fully saturated rings. The molecule has 2 rings (SSSR count). The number of benzene rings is 1. The Hall–Kier alpha value is -0.680. The average Bonchev–Trinajstić information content (AvgIpc) is 2.47. The highest BCUT2D eigenvalue weighted by Crippen LogP contribution is 2.26. The van der Waals surface area contributed by atoms with Crippen molar-refractivity contribution in [1.82, 2.24) is 10.3 Å². The standard InChI is InChI=1S/C16H25ClFN3/c1-16(2,21-8-4-3-5-9-21)15(20-19)10-12-6-7-13(17)11-14(12)18/h6-7,11,15,20H,3-5,8-10,19H2,1-2H3. The van der Waals surface area contributed by atoms with Gasteiger partial charge in [-0.25, -0.2) is 4.39 Å². The molecule has 1 atom stereocenters. The lowest BCUT2D eigenvalue weighted by Crippen LogP contribution is -2.61. The van der Waals surface area contributed by atoms with Gasteiger partial charge >= 0.3 is 0 Å². The van der Waals surface area contributed by atoms with E-state index in [-0.39, 0.29) is 17.4 Å². The van der Waals surface area contributed by atoms with Gasteiger partial charge in [-0.15, -0.1) is 0 Å². The van der Waals surface area contributed by atoms with E-state index in [0.29, 0.717) is 17.0 Å². The van der Waals surface area contributed by atoms with Crippen LogP contribution >= 0.6 is 11.6 Å². The predicted molar refractivity (Wildman–Crippen MR) is 85.7 cm³/mol. The van der Waals surface area contributed by atoms with E-state index in [2.05, 4.69) is 24.2 Å². The number of nitrogens with one attached hydrogen (secondary N) is 1. The second kappa shape index (κ2) is 7.05. The topological polar surface area (TPSA) is 41.3 Å². The van der Waals surface area contributed by atoms with Crippen molar-refractivity contribution in [2.45, 2.75) is 51.1 Å².